The van der Waals surface area contributed by atoms with E-state index < -0.39 is 0 Å². The van der Waals surface area contributed by atoms with E-state index >= 15 is 0 Å². The maximum Gasteiger partial charge on any atom is 0.00696 e. The largest absolute Gasteiger partial charge is 0.327 e. The summed E-state index contributed by atoms with van der Waals surface area (Å²) in [4.78, 5) is 0. The molecule has 0 spiro atoms. The Hall–Kier alpha value is -0.0400. The summed E-state index contributed by atoms with van der Waals surface area (Å²) in [6.45, 7) is 2.20. The minimum Gasteiger partial charge on any atom is -0.327 e. The van der Waals surface area contributed by atoms with Crippen molar-refractivity contribution in [1.29, 1.82) is 0 Å². The third-order valence-electron chi connectivity index (χ3n) is 3.90. The van der Waals surface area contributed by atoms with Crippen molar-refractivity contribution in [2.75, 3.05) is 0 Å². The molecule has 0 heterocycles. The summed E-state index contributed by atoms with van der Waals surface area (Å²) in [5.41, 5.74) is 6.62. The fourth-order valence-electron chi connectivity index (χ4n) is 2.88. The zero-order valence-electron chi connectivity index (χ0n) is 7.47. The molecule has 2 rings (SSSR count). The van der Waals surface area contributed by atoms with Crippen molar-refractivity contribution in [2.45, 2.75) is 51.5 Å². The topological polar surface area (TPSA) is 26.0 Å². The van der Waals surface area contributed by atoms with Gasteiger partial charge in [0.05, 0.1) is 0 Å². The van der Waals surface area contributed by atoms with Gasteiger partial charge in [-0.3, -0.25) is 0 Å². The van der Waals surface area contributed by atoms with Crippen LogP contribution in [0.4, 0.5) is 0 Å². The minimum atomic E-state index is 0.450. The summed E-state index contributed by atoms with van der Waals surface area (Å²) in [6, 6.07) is 0.450. The summed E-state index contributed by atoms with van der Waals surface area (Å²) in [6.07, 6.45) is 8.66. The van der Waals surface area contributed by atoms with Crippen LogP contribution in [-0.4, -0.2) is 6.04 Å². The van der Waals surface area contributed by atoms with Gasteiger partial charge in [0, 0.05) is 6.04 Å². The molecule has 0 bridgehead atoms. The average Bonchev–Trinajstić information content (AvgIpc) is 2.61. The fourth-order valence-corrected chi connectivity index (χ4v) is 2.88. The Morgan fingerprint density at radius 2 is 1.82 bits per heavy atom. The molecule has 0 aliphatic heterocycles. The molecule has 1 atom stereocenters. The summed E-state index contributed by atoms with van der Waals surface area (Å²) in [5, 5.41) is 0. The van der Waals surface area contributed by atoms with Crippen molar-refractivity contribution in [3.05, 3.63) is 0 Å². The van der Waals surface area contributed by atoms with Crippen LogP contribution in [0.5, 0.6) is 0 Å². The van der Waals surface area contributed by atoms with E-state index in [-0.39, 0.29) is 0 Å². The van der Waals surface area contributed by atoms with Crippen molar-refractivity contribution in [1.82, 2.24) is 0 Å². The number of nitrogens with two attached hydrogens (primary N) is 1. The monoisotopic (exact) mass is 153 g/mol. The average molecular weight is 153 g/mol. The summed E-state index contributed by atoms with van der Waals surface area (Å²) in [5.74, 6) is 0.988. The molecule has 2 aliphatic rings. The van der Waals surface area contributed by atoms with Crippen molar-refractivity contribution < 1.29 is 0 Å². The first kappa shape index (κ1) is 7.60. The third-order valence-corrected chi connectivity index (χ3v) is 3.90. The second-order valence-electron chi connectivity index (χ2n) is 4.50. The first-order chi connectivity index (χ1) is 5.26. The molecule has 0 radical (unpaired) electrons. The molecule has 2 aliphatic carbocycles. The predicted octanol–water partition coefficient (Wildman–Crippen LogP) is 2.30. The Morgan fingerprint density at radius 1 is 1.27 bits per heavy atom. The molecule has 1 heteroatoms. The zero-order chi connectivity index (χ0) is 7.90. The lowest BCUT2D eigenvalue weighted by molar-refractivity contribution is 0.269. The Morgan fingerprint density at radius 3 is 2.18 bits per heavy atom. The third kappa shape index (κ3) is 1.10. The van der Waals surface area contributed by atoms with Crippen molar-refractivity contribution in [3.63, 3.8) is 0 Å². The van der Waals surface area contributed by atoms with Crippen molar-refractivity contribution >= 4 is 0 Å². The number of rotatable bonds is 2. The van der Waals surface area contributed by atoms with E-state index in [1.165, 1.54) is 38.5 Å². The Labute approximate surface area is 69.4 Å². The van der Waals surface area contributed by atoms with E-state index in [0.717, 1.165) is 5.92 Å². The fraction of sp³-hybridized carbons (Fsp3) is 1.00. The van der Waals surface area contributed by atoms with E-state index in [0.29, 0.717) is 11.5 Å². The van der Waals surface area contributed by atoms with E-state index in [1.54, 1.807) is 0 Å². The van der Waals surface area contributed by atoms with Crippen molar-refractivity contribution in [2.24, 2.45) is 17.1 Å². The minimum absolute atomic E-state index is 0.450. The van der Waals surface area contributed by atoms with Crippen LogP contribution >= 0.6 is 0 Å². The second kappa shape index (κ2) is 2.48. The van der Waals surface area contributed by atoms with Gasteiger partial charge in [0.15, 0.2) is 0 Å². The summed E-state index contributed by atoms with van der Waals surface area (Å²) >= 11 is 0. The molecule has 0 amide bonds. The molecule has 0 aromatic rings. The number of hydrogen-bond donors (Lipinski definition) is 1. The van der Waals surface area contributed by atoms with Gasteiger partial charge in [0.1, 0.15) is 0 Å². The molecule has 2 N–H and O–H groups in total. The second-order valence-corrected chi connectivity index (χ2v) is 4.50. The summed E-state index contributed by atoms with van der Waals surface area (Å²) in [7, 11) is 0. The maximum atomic E-state index is 6.01. The first-order valence-electron chi connectivity index (χ1n) is 5.01. The van der Waals surface area contributed by atoms with Gasteiger partial charge in [-0.25, -0.2) is 0 Å². The van der Waals surface area contributed by atoms with Gasteiger partial charge in [-0.1, -0.05) is 12.8 Å². The molecule has 64 valence electrons. The molecule has 0 saturated heterocycles. The first-order valence-corrected chi connectivity index (χ1v) is 5.01. The highest BCUT2D eigenvalue weighted by Gasteiger charge is 2.51. The zero-order valence-corrected chi connectivity index (χ0v) is 7.47. The Balaban J connectivity index is 2.01. The molecule has 0 aromatic heterocycles. The van der Waals surface area contributed by atoms with E-state index in [2.05, 4.69) is 6.92 Å². The SMILES string of the molecule is CC(N)C1(C2CCCC2)CC1. The van der Waals surface area contributed by atoms with Gasteiger partial charge in [-0.2, -0.15) is 0 Å². The highest BCUT2D eigenvalue weighted by atomic mass is 14.7. The van der Waals surface area contributed by atoms with Gasteiger partial charge in [0.2, 0.25) is 0 Å². The van der Waals surface area contributed by atoms with Gasteiger partial charge in [0.25, 0.3) is 0 Å². The highest BCUT2D eigenvalue weighted by Crippen LogP contribution is 2.58. The van der Waals surface area contributed by atoms with E-state index in [9.17, 15) is 0 Å². The van der Waals surface area contributed by atoms with Gasteiger partial charge < -0.3 is 5.73 Å². The van der Waals surface area contributed by atoms with Crippen LogP contribution in [0.15, 0.2) is 0 Å². The molecule has 11 heavy (non-hydrogen) atoms. The molecular formula is C10H19N. The quantitative estimate of drug-likeness (QED) is 0.647. The van der Waals surface area contributed by atoms with Crippen LogP contribution in [0.2, 0.25) is 0 Å². The molecule has 1 unspecified atom stereocenters. The molecule has 0 aromatic carbocycles. The molecular weight excluding hydrogens is 134 g/mol. The van der Waals surface area contributed by atoms with Crippen LogP contribution in [0.3, 0.4) is 0 Å². The summed E-state index contributed by atoms with van der Waals surface area (Å²) < 4.78 is 0. The Bertz CT molecular complexity index is 141. The van der Waals surface area contributed by atoms with Crippen LogP contribution in [0, 0.1) is 11.3 Å². The van der Waals surface area contributed by atoms with E-state index in [1.807, 2.05) is 0 Å². The molecule has 2 saturated carbocycles. The standard InChI is InChI=1S/C10H19N/c1-8(11)10(6-7-10)9-4-2-3-5-9/h8-9H,2-7,11H2,1H3. The maximum absolute atomic E-state index is 6.01. The van der Waals surface area contributed by atoms with Crippen LogP contribution < -0.4 is 5.73 Å². The normalized spacial score (nSPS) is 32.2. The van der Waals surface area contributed by atoms with Gasteiger partial charge >= 0.3 is 0 Å². The lowest BCUT2D eigenvalue weighted by Gasteiger charge is -2.26. The predicted molar refractivity (Wildman–Crippen MR) is 47.3 cm³/mol. The van der Waals surface area contributed by atoms with Gasteiger partial charge in [-0.05, 0) is 43.9 Å². The van der Waals surface area contributed by atoms with Crippen molar-refractivity contribution in [3.8, 4) is 0 Å². The lowest BCUT2D eigenvalue weighted by atomic mass is 9.82. The molecule has 1 nitrogen and oxygen atoms in total. The van der Waals surface area contributed by atoms with Gasteiger partial charge in [-0.15, -0.1) is 0 Å². The number of hydrogen-bond acceptors (Lipinski definition) is 1. The smallest absolute Gasteiger partial charge is 0.00696 e. The van der Waals surface area contributed by atoms with E-state index in [4.69, 9.17) is 5.73 Å². The Kier molecular flexibility index (Phi) is 1.71. The van der Waals surface area contributed by atoms with Crippen LogP contribution in [0.25, 0.3) is 0 Å². The lowest BCUT2D eigenvalue weighted by Crippen LogP contribution is -2.33. The van der Waals surface area contributed by atoms with Crippen LogP contribution in [0.1, 0.15) is 45.4 Å². The molecule has 2 fully saturated rings. The highest BCUT2D eigenvalue weighted by molar-refractivity contribution is 5.04. The van der Waals surface area contributed by atoms with Crippen LogP contribution in [-0.2, 0) is 0 Å².